The summed E-state index contributed by atoms with van der Waals surface area (Å²) < 4.78 is 5.62. The van der Waals surface area contributed by atoms with Crippen LogP contribution in [0.2, 0.25) is 0 Å². The fraction of sp³-hybridized carbons (Fsp3) is 0.394. The van der Waals surface area contributed by atoms with E-state index in [0.29, 0.717) is 63.9 Å². The minimum absolute atomic E-state index is 0.165. The van der Waals surface area contributed by atoms with Crippen LogP contribution in [0.4, 0.5) is 17.2 Å². The van der Waals surface area contributed by atoms with E-state index in [0.717, 1.165) is 29.9 Å². The molecule has 4 heterocycles. The highest BCUT2D eigenvalue weighted by atomic mass is 16.5. The van der Waals surface area contributed by atoms with Crippen molar-refractivity contribution in [2.45, 2.75) is 32.4 Å². The summed E-state index contributed by atoms with van der Waals surface area (Å²) in [4.78, 5) is 26.3. The van der Waals surface area contributed by atoms with E-state index in [1.54, 1.807) is 4.90 Å². The lowest BCUT2D eigenvalue weighted by Crippen LogP contribution is -2.55. The van der Waals surface area contributed by atoms with Crippen molar-refractivity contribution in [1.29, 1.82) is 10.5 Å². The smallest absolute Gasteiger partial charge is 0.246 e. The van der Waals surface area contributed by atoms with Gasteiger partial charge in [-0.2, -0.15) is 10.5 Å². The third-order valence-corrected chi connectivity index (χ3v) is 8.75. The van der Waals surface area contributed by atoms with E-state index in [4.69, 9.17) is 9.72 Å². The maximum atomic E-state index is 12.6. The molecular weight excluding hydrogens is 526 g/mol. The minimum atomic E-state index is -0.282. The van der Waals surface area contributed by atoms with Gasteiger partial charge in [-0.15, -0.1) is 0 Å². The predicted octanol–water partition coefficient (Wildman–Crippen LogP) is 3.93. The predicted molar refractivity (Wildman–Crippen MR) is 164 cm³/mol. The molecular formula is C33H35N7O2. The van der Waals surface area contributed by atoms with E-state index in [2.05, 4.69) is 76.7 Å². The molecule has 9 heteroatoms. The number of hydrogen-bond acceptors (Lipinski definition) is 8. The van der Waals surface area contributed by atoms with E-state index in [-0.39, 0.29) is 18.4 Å². The van der Waals surface area contributed by atoms with Crippen molar-refractivity contribution >= 4 is 33.9 Å². The maximum absolute atomic E-state index is 12.6. The highest BCUT2D eigenvalue weighted by molar-refractivity contribution is 5.97. The van der Waals surface area contributed by atoms with Crippen molar-refractivity contribution in [1.82, 2.24) is 9.88 Å². The van der Waals surface area contributed by atoms with Gasteiger partial charge in [-0.1, -0.05) is 36.9 Å². The first kappa shape index (κ1) is 27.6. The number of amides is 1. The topological polar surface area (TPSA) is 99.7 Å². The van der Waals surface area contributed by atoms with Crippen LogP contribution in [-0.4, -0.2) is 74.3 Å². The zero-order chi connectivity index (χ0) is 29.2. The number of aryl methyl sites for hydroxylation is 1. The molecule has 2 aromatic carbocycles. The molecule has 3 aliphatic rings. The number of morpholine rings is 1. The molecule has 2 saturated heterocycles. The number of hydrogen-bond donors (Lipinski definition) is 0. The molecule has 6 rings (SSSR count). The zero-order valence-electron chi connectivity index (χ0n) is 24.1. The molecule has 1 unspecified atom stereocenters. The lowest BCUT2D eigenvalue weighted by Gasteiger charge is -2.43. The number of aromatic nitrogens is 1. The van der Waals surface area contributed by atoms with E-state index < -0.39 is 0 Å². The summed E-state index contributed by atoms with van der Waals surface area (Å²) in [5, 5.41) is 22.6. The van der Waals surface area contributed by atoms with Crippen LogP contribution in [-0.2, 0) is 22.5 Å². The van der Waals surface area contributed by atoms with Crippen molar-refractivity contribution < 1.29 is 9.53 Å². The second-order valence-electron chi connectivity index (χ2n) is 11.1. The molecule has 0 spiro atoms. The van der Waals surface area contributed by atoms with Gasteiger partial charge in [0.25, 0.3) is 0 Å². The van der Waals surface area contributed by atoms with Gasteiger partial charge in [0.15, 0.2) is 0 Å². The molecule has 0 N–H and O–H groups in total. The number of fused-ring (bicyclic) bond motifs is 2. The number of ether oxygens (including phenoxy) is 1. The Hall–Kier alpha value is -4.60. The minimum Gasteiger partial charge on any atom is -0.378 e. The average Bonchev–Trinajstić information content (AvgIpc) is 3.03. The summed E-state index contributed by atoms with van der Waals surface area (Å²) in [6.45, 7) is 11.3. The van der Waals surface area contributed by atoms with Gasteiger partial charge in [0, 0.05) is 55.9 Å². The van der Waals surface area contributed by atoms with Gasteiger partial charge in [-0.05, 0) is 36.4 Å². The molecule has 9 nitrogen and oxygen atoms in total. The van der Waals surface area contributed by atoms with Crippen LogP contribution >= 0.6 is 0 Å². The van der Waals surface area contributed by atoms with Crippen LogP contribution in [0.15, 0.2) is 49.1 Å². The van der Waals surface area contributed by atoms with Crippen molar-refractivity contribution in [3.63, 3.8) is 0 Å². The molecule has 1 aromatic heterocycles. The number of nitriles is 2. The average molecular weight is 562 g/mol. The summed E-state index contributed by atoms with van der Waals surface area (Å²) in [6.07, 6.45) is 2.28. The number of rotatable bonds is 5. The number of piperazine rings is 1. The fourth-order valence-electron chi connectivity index (χ4n) is 6.72. The second kappa shape index (κ2) is 11.7. The van der Waals surface area contributed by atoms with Crippen molar-refractivity contribution in [3.8, 4) is 12.1 Å². The Labute approximate surface area is 246 Å². The third kappa shape index (κ3) is 4.91. The van der Waals surface area contributed by atoms with Crippen LogP contribution in [0.5, 0.6) is 0 Å². The van der Waals surface area contributed by atoms with Gasteiger partial charge < -0.3 is 24.3 Å². The van der Waals surface area contributed by atoms with E-state index in [1.807, 2.05) is 0 Å². The Balaban J connectivity index is 1.44. The number of anilines is 3. The highest BCUT2D eigenvalue weighted by Gasteiger charge is 2.35. The molecule has 214 valence electrons. The third-order valence-electron chi connectivity index (χ3n) is 8.75. The number of benzene rings is 2. The highest BCUT2D eigenvalue weighted by Crippen LogP contribution is 2.40. The molecule has 3 aliphatic heterocycles. The van der Waals surface area contributed by atoms with E-state index >= 15 is 0 Å². The van der Waals surface area contributed by atoms with Gasteiger partial charge >= 0.3 is 0 Å². The van der Waals surface area contributed by atoms with E-state index in [9.17, 15) is 15.3 Å². The Morgan fingerprint density at radius 3 is 2.60 bits per heavy atom. The summed E-state index contributed by atoms with van der Waals surface area (Å²) in [6, 6.07) is 17.4. The van der Waals surface area contributed by atoms with Crippen molar-refractivity contribution in [2.24, 2.45) is 0 Å². The summed E-state index contributed by atoms with van der Waals surface area (Å²) >= 11 is 0. The fourth-order valence-corrected chi connectivity index (χ4v) is 6.72. The summed E-state index contributed by atoms with van der Waals surface area (Å²) in [5.74, 6) is 0.536. The van der Waals surface area contributed by atoms with Crippen LogP contribution in [0, 0.1) is 29.6 Å². The Bertz CT molecular complexity index is 1610. The first-order valence-corrected chi connectivity index (χ1v) is 14.6. The molecule has 0 saturated carbocycles. The van der Waals surface area contributed by atoms with Gasteiger partial charge in [-0.25, -0.2) is 4.98 Å². The molecule has 0 bridgehead atoms. The standard InChI is InChI=1S/C33H35N7O2/c1-3-30(41)40-15-14-39(21-25(40)10-12-34)32-26-11-13-38(29-9-5-8-24-7-4-6-23(2)31(24)29)22-28(26)36-33(27(32)20-35)37-16-18-42-19-17-37/h3-9,25H,1,10-11,13-19,21-22H2,2H3. The Kier molecular flexibility index (Phi) is 7.69. The van der Waals surface area contributed by atoms with Crippen LogP contribution < -0.4 is 14.7 Å². The largest absolute Gasteiger partial charge is 0.378 e. The van der Waals surface area contributed by atoms with Gasteiger partial charge in [0.05, 0.1) is 49.7 Å². The summed E-state index contributed by atoms with van der Waals surface area (Å²) in [7, 11) is 0. The monoisotopic (exact) mass is 561 g/mol. The maximum Gasteiger partial charge on any atom is 0.246 e. The molecule has 1 atom stereocenters. The normalized spacial score (nSPS) is 18.8. The number of carbonyl (C=O) groups is 1. The molecule has 0 aliphatic carbocycles. The number of pyridine rings is 1. The zero-order valence-corrected chi connectivity index (χ0v) is 24.1. The van der Waals surface area contributed by atoms with E-state index in [1.165, 1.54) is 28.1 Å². The van der Waals surface area contributed by atoms with Gasteiger partial charge in [0.1, 0.15) is 17.5 Å². The number of carbonyl (C=O) groups excluding carboxylic acids is 1. The van der Waals surface area contributed by atoms with Gasteiger partial charge in [0.2, 0.25) is 5.91 Å². The molecule has 3 aromatic rings. The van der Waals surface area contributed by atoms with Crippen LogP contribution in [0.3, 0.4) is 0 Å². The lowest BCUT2D eigenvalue weighted by molar-refractivity contribution is -0.128. The quantitative estimate of drug-likeness (QED) is 0.432. The Morgan fingerprint density at radius 1 is 1.07 bits per heavy atom. The Morgan fingerprint density at radius 2 is 1.86 bits per heavy atom. The second-order valence-corrected chi connectivity index (χ2v) is 11.1. The van der Waals surface area contributed by atoms with Gasteiger partial charge in [-0.3, -0.25) is 4.79 Å². The SMILES string of the molecule is C=CC(=O)N1CCN(c2c(C#N)c(N3CCOCC3)nc3c2CCN(c2cccc4cccc(C)c24)C3)CC1CC#N. The molecule has 2 fully saturated rings. The molecule has 0 radical (unpaired) electrons. The van der Waals surface area contributed by atoms with Crippen molar-refractivity contribution in [3.05, 3.63) is 71.4 Å². The molecule has 42 heavy (non-hydrogen) atoms. The molecule has 1 amide bonds. The van der Waals surface area contributed by atoms with Crippen LogP contribution in [0.1, 0.15) is 28.8 Å². The summed E-state index contributed by atoms with van der Waals surface area (Å²) in [5.41, 5.74) is 5.99. The van der Waals surface area contributed by atoms with Crippen LogP contribution in [0.25, 0.3) is 10.8 Å². The van der Waals surface area contributed by atoms with Crippen molar-refractivity contribution in [2.75, 3.05) is 67.2 Å². The number of nitrogens with zero attached hydrogens (tertiary/aromatic N) is 7. The first-order chi connectivity index (χ1) is 20.5. The first-order valence-electron chi connectivity index (χ1n) is 14.6. The lowest BCUT2D eigenvalue weighted by atomic mass is 9.95.